The average Bonchev–Trinajstić information content (AvgIpc) is 3.45. The average molecular weight is 677 g/mol. The fraction of sp³-hybridized carbons (Fsp3) is 0.500. The summed E-state index contributed by atoms with van der Waals surface area (Å²) in [6.07, 6.45) is 2.89. The monoisotopic (exact) mass is 676 g/mol. The summed E-state index contributed by atoms with van der Waals surface area (Å²) in [5, 5.41) is 20.2. The Kier molecular flexibility index (Phi) is 13.8. The molecular weight excluding hydrogens is 636 g/mol. The van der Waals surface area contributed by atoms with Crippen molar-refractivity contribution in [2.75, 3.05) is 19.0 Å². The maximum absolute atomic E-state index is 13.8. The van der Waals surface area contributed by atoms with Crippen molar-refractivity contribution < 1.29 is 38.7 Å². The molecule has 1 fully saturated rings. The van der Waals surface area contributed by atoms with Crippen molar-refractivity contribution in [3.63, 3.8) is 0 Å². The molecular formula is C30H41ClN8O8. The number of amides is 7. The number of primary amides is 2. The number of nitrogens with one attached hydrogen (secondary N) is 5. The molecule has 0 saturated carbocycles. The maximum Gasteiger partial charge on any atom is 0.312 e. The zero-order valence-corrected chi connectivity index (χ0v) is 26.5. The van der Waals surface area contributed by atoms with Crippen LogP contribution in [0.1, 0.15) is 50.5 Å². The third-order valence-electron chi connectivity index (χ3n) is 7.85. The molecule has 0 radical (unpaired) electrons. The van der Waals surface area contributed by atoms with E-state index in [1.54, 1.807) is 6.20 Å². The van der Waals surface area contributed by atoms with Gasteiger partial charge in [0.25, 0.3) is 0 Å². The van der Waals surface area contributed by atoms with E-state index in [1.807, 2.05) is 24.3 Å². The summed E-state index contributed by atoms with van der Waals surface area (Å²) in [7, 11) is 0. The first-order valence-electron chi connectivity index (χ1n) is 15.3. The number of H-pyrrole nitrogens is 1. The molecule has 3 unspecified atom stereocenters. The number of hydrogen-bond acceptors (Lipinski definition) is 7. The molecule has 1 aliphatic heterocycles. The topological polar surface area (TPSA) is 259 Å². The van der Waals surface area contributed by atoms with Gasteiger partial charge in [0, 0.05) is 43.0 Å². The molecule has 256 valence electrons. The first-order valence-corrected chi connectivity index (χ1v) is 15.8. The number of nitrogens with zero attached hydrogens (tertiary/aromatic N) is 1. The van der Waals surface area contributed by atoms with Crippen molar-refractivity contribution in [2.45, 2.75) is 75.5 Å². The van der Waals surface area contributed by atoms with Gasteiger partial charge in [-0.15, -0.1) is 11.6 Å². The van der Waals surface area contributed by atoms with Crippen LogP contribution in [0.25, 0.3) is 10.9 Å². The number of rotatable bonds is 17. The second-order valence-corrected chi connectivity index (χ2v) is 11.5. The van der Waals surface area contributed by atoms with Crippen LogP contribution in [-0.2, 0) is 35.2 Å². The highest BCUT2D eigenvalue weighted by Gasteiger charge is 2.38. The van der Waals surface area contributed by atoms with Crippen LogP contribution in [0.5, 0.6) is 0 Å². The number of carboxylic acids is 1. The molecule has 7 amide bonds. The van der Waals surface area contributed by atoms with Gasteiger partial charge in [0.1, 0.15) is 30.0 Å². The number of hydrogen-bond donors (Lipinski definition) is 8. The van der Waals surface area contributed by atoms with E-state index in [0.717, 1.165) is 10.9 Å². The number of piperidine rings is 1. The van der Waals surface area contributed by atoms with Crippen LogP contribution >= 0.6 is 11.6 Å². The number of nitrogens with two attached hydrogens (primary N) is 2. The first-order chi connectivity index (χ1) is 22.4. The number of aliphatic carboxylic acids is 1. The van der Waals surface area contributed by atoms with Gasteiger partial charge in [-0.2, -0.15) is 0 Å². The van der Waals surface area contributed by atoms with Gasteiger partial charge in [0.05, 0.1) is 0 Å². The van der Waals surface area contributed by atoms with Crippen LogP contribution in [0, 0.1) is 0 Å². The van der Waals surface area contributed by atoms with Crippen molar-refractivity contribution in [1.82, 2.24) is 31.2 Å². The predicted octanol–water partition coefficient (Wildman–Crippen LogP) is -0.417. The Bertz CT molecular complexity index is 1470. The number of halogens is 1. The number of likely N-dealkylation sites (tertiary alicyclic amines) is 1. The Morgan fingerprint density at radius 2 is 1.72 bits per heavy atom. The van der Waals surface area contributed by atoms with Crippen molar-refractivity contribution in [3.8, 4) is 0 Å². The number of carbonyl (C=O) groups excluding carboxylic acids is 6. The fourth-order valence-electron chi connectivity index (χ4n) is 5.50. The van der Waals surface area contributed by atoms with E-state index in [4.69, 9.17) is 28.2 Å². The Balaban J connectivity index is 1.85. The summed E-state index contributed by atoms with van der Waals surface area (Å²) in [5.41, 5.74) is 12.1. The van der Waals surface area contributed by atoms with E-state index >= 15 is 0 Å². The summed E-state index contributed by atoms with van der Waals surface area (Å²) < 4.78 is 0. The molecule has 0 spiro atoms. The molecule has 2 heterocycles. The van der Waals surface area contributed by atoms with Gasteiger partial charge < -0.3 is 47.7 Å². The number of carboxylic acid groups (broad SMARTS) is 1. The van der Waals surface area contributed by atoms with E-state index in [0.29, 0.717) is 18.4 Å². The lowest BCUT2D eigenvalue weighted by Crippen LogP contribution is -2.60. The molecule has 2 aromatic rings. The molecule has 0 bridgehead atoms. The number of benzene rings is 1. The van der Waals surface area contributed by atoms with Gasteiger partial charge >= 0.3 is 12.0 Å². The van der Waals surface area contributed by atoms with E-state index in [2.05, 4.69) is 26.3 Å². The Hall–Kier alpha value is -4.86. The van der Waals surface area contributed by atoms with Gasteiger partial charge in [-0.25, -0.2) is 4.79 Å². The zero-order valence-electron chi connectivity index (χ0n) is 25.8. The number of alkyl halides is 1. The second-order valence-electron chi connectivity index (χ2n) is 11.3. The van der Waals surface area contributed by atoms with Gasteiger partial charge in [0.15, 0.2) is 0 Å². The number of aromatic amines is 1. The van der Waals surface area contributed by atoms with E-state index in [-0.39, 0.29) is 45.2 Å². The summed E-state index contributed by atoms with van der Waals surface area (Å²) in [6.45, 7) is 0.314. The highest BCUT2D eigenvalue weighted by atomic mass is 35.5. The van der Waals surface area contributed by atoms with Crippen LogP contribution in [0.2, 0.25) is 0 Å². The van der Waals surface area contributed by atoms with Crippen LogP contribution < -0.4 is 32.7 Å². The molecule has 16 nitrogen and oxygen atoms in total. The minimum absolute atomic E-state index is 0.0178. The van der Waals surface area contributed by atoms with Gasteiger partial charge in [0.2, 0.25) is 29.5 Å². The number of fused-ring (bicyclic) bond motifs is 1. The highest BCUT2D eigenvalue weighted by molar-refractivity contribution is 6.27. The zero-order chi connectivity index (χ0) is 34.5. The third kappa shape index (κ3) is 10.9. The Morgan fingerprint density at radius 3 is 2.40 bits per heavy atom. The number of aromatic nitrogens is 1. The van der Waals surface area contributed by atoms with Crippen molar-refractivity contribution in [2.24, 2.45) is 11.5 Å². The third-order valence-corrected chi connectivity index (χ3v) is 8.09. The molecule has 1 aromatic heterocycles. The molecule has 17 heteroatoms. The first kappa shape index (κ1) is 36.6. The van der Waals surface area contributed by atoms with E-state index in [9.17, 15) is 33.6 Å². The molecule has 47 heavy (non-hydrogen) atoms. The van der Waals surface area contributed by atoms with Gasteiger partial charge in [-0.3, -0.25) is 28.8 Å². The normalized spacial score (nSPS) is 16.4. The molecule has 1 saturated heterocycles. The van der Waals surface area contributed by atoms with E-state index in [1.165, 1.54) is 4.90 Å². The lowest BCUT2D eigenvalue weighted by molar-refractivity contribution is -0.146. The number of carbonyl (C=O) groups is 7. The van der Waals surface area contributed by atoms with Crippen LogP contribution in [-0.4, -0.2) is 99.7 Å². The predicted molar refractivity (Wildman–Crippen MR) is 171 cm³/mol. The van der Waals surface area contributed by atoms with Crippen molar-refractivity contribution in [1.29, 1.82) is 0 Å². The molecule has 1 aliphatic rings. The standard InChI is InChI=1S/C30H41ClN8O8/c31-15-24(40)36-21(10-11-25(41)42)29(46)39-13-4-3-9-23(39)28(45)38-22(14-17-16-35-19-7-2-1-6-18(17)19)27(44)37-20(26(32)43)8-5-12-34-30(33)47/h1-2,6-7,16,20-23,35H,3-5,8-15H2,(H2,32,43)(H,36,40)(H,37,44)(H,38,45)(H,41,42)(H3,33,34,47)/t20?,21?,22?,23-/m0/s1. The van der Waals surface area contributed by atoms with Gasteiger partial charge in [-0.1, -0.05) is 18.2 Å². The minimum atomic E-state index is -1.23. The lowest BCUT2D eigenvalue weighted by atomic mass is 9.97. The fourth-order valence-corrected chi connectivity index (χ4v) is 5.58. The molecule has 3 rings (SSSR count). The molecule has 4 atom stereocenters. The molecule has 1 aromatic carbocycles. The number of urea groups is 1. The summed E-state index contributed by atoms with van der Waals surface area (Å²) in [4.78, 5) is 92.0. The summed E-state index contributed by atoms with van der Waals surface area (Å²) >= 11 is 5.61. The van der Waals surface area contributed by atoms with Crippen LogP contribution in [0.4, 0.5) is 4.79 Å². The smallest absolute Gasteiger partial charge is 0.312 e. The lowest BCUT2D eigenvalue weighted by Gasteiger charge is -2.37. The van der Waals surface area contributed by atoms with Crippen molar-refractivity contribution in [3.05, 3.63) is 36.0 Å². The Labute approximate surface area is 275 Å². The quantitative estimate of drug-likeness (QED) is 0.0804. The maximum atomic E-state index is 13.8. The van der Waals surface area contributed by atoms with Crippen LogP contribution in [0.15, 0.2) is 30.5 Å². The minimum Gasteiger partial charge on any atom is -0.481 e. The molecule has 0 aliphatic carbocycles. The second kappa shape index (κ2) is 17.7. The summed E-state index contributed by atoms with van der Waals surface area (Å²) in [6, 6.07) is 2.06. The highest BCUT2D eigenvalue weighted by Crippen LogP contribution is 2.22. The SMILES string of the molecule is NC(=O)NCCCC(NC(=O)C(Cc1c[nH]c2ccccc12)NC(=O)[C@@H]1CCCCN1C(=O)C(CCC(=O)O)NC(=O)CCl)C(N)=O. The van der Waals surface area contributed by atoms with E-state index < -0.39 is 78.0 Å². The molecule has 10 N–H and O–H groups in total. The van der Waals surface area contributed by atoms with Crippen molar-refractivity contribution >= 4 is 64.0 Å². The van der Waals surface area contributed by atoms with Crippen LogP contribution in [0.3, 0.4) is 0 Å². The Morgan fingerprint density at radius 1 is 0.979 bits per heavy atom. The van der Waals surface area contributed by atoms with Gasteiger partial charge in [-0.05, 0) is 50.2 Å². The largest absolute Gasteiger partial charge is 0.481 e. The number of para-hydroxylation sites is 1. The summed E-state index contributed by atoms with van der Waals surface area (Å²) in [5.74, 6) is -5.07.